The van der Waals surface area contributed by atoms with Gasteiger partial charge in [-0.1, -0.05) is 18.2 Å². The summed E-state index contributed by atoms with van der Waals surface area (Å²) in [4.78, 5) is 48.6. The molecule has 0 saturated carbocycles. The normalized spacial score (nSPS) is 10.8. The zero-order chi connectivity index (χ0) is 23.4. The lowest BCUT2D eigenvalue weighted by Crippen LogP contribution is -2.34. The van der Waals surface area contributed by atoms with Crippen LogP contribution in [0.1, 0.15) is 22.8 Å². The van der Waals surface area contributed by atoms with Gasteiger partial charge in [0, 0.05) is 12.7 Å². The Morgan fingerprint density at radius 2 is 2.00 bits per heavy atom. The smallest absolute Gasteiger partial charge is 0.338 e. The van der Waals surface area contributed by atoms with E-state index in [1.54, 1.807) is 19.1 Å². The topological polar surface area (TPSA) is 119 Å². The second-order valence-corrected chi connectivity index (χ2v) is 7.10. The van der Waals surface area contributed by atoms with Crippen molar-refractivity contribution in [3.8, 4) is 5.69 Å². The van der Waals surface area contributed by atoms with E-state index in [0.29, 0.717) is 13.0 Å². The molecule has 168 valence electrons. The molecule has 2 aromatic carbocycles. The van der Waals surface area contributed by atoms with Crippen molar-refractivity contribution in [3.63, 3.8) is 0 Å². The summed E-state index contributed by atoms with van der Waals surface area (Å²) in [7, 11) is 0. The summed E-state index contributed by atoms with van der Waals surface area (Å²) >= 11 is 0. The molecule has 0 fully saturated rings. The van der Waals surface area contributed by atoms with Crippen LogP contribution in [0.15, 0.2) is 64.3 Å². The first-order valence-electron chi connectivity index (χ1n) is 10.2. The molecular formula is C23H20FN5O4. The van der Waals surface area contributed by atoms with Crippen LogP contribution in [-0.4, -0.2) is 38.6 Å². The number of nitrogens with zero attached hydrogens (tertiary/aromatic N) is 3. The van der Waals surface area contributed by atoms with Gasteiger partial charge in [0.05, 0.1) is 17.9 Å². The summed E-state index contributed by atoms with van der Waals surface area (Å²) in [6.07, 6.45) is 1.85. The Morgan fingerprint density at radius 3 is 2.79 bits per heavy atom. The van der Waals surface area contributed by atoms with Crippen LogP contribution in [0.3, 0.4) is 0 Å². The van der Waals surface area contributed by atoms with Crippen molar-refractivity contribution < 1.29 is 13.9 Å². The Labute approximate surface area is 186 Å². The van der Waals surface area contributed by atoms with Crippen LogP contribution in [-0.2, 0) is 11.2 Å². The van der Waals surface area contributed by atoms with Gasteiger partial charge in [-0.05, 0) is 49.2 Å². The van der Waals surface area contributed by atoms with Crippen LogP contribution in [0.25, 0.3) is 16.7 Å². The zero-order valence-electron chi connectivity index (χ0n) is 17.7. The minimum atomic E-state index is -0.710. The number of rotatable bonds is 7. The fourth-order valence-electron chi connectivity index (χ4n) is 3.32. The molecule has 0 spiro atoms. The van der Waals surface area contributed by atoms with Gasteiger partial charge in [-0.2, -0.15) is 4.98 Å². The number of anilines is 1. The average molecular weight is 449 g/mol. The molecule has 0 aliphatic carbocycles. The van der Waals surface area contributed by atoms with E-state index in [4.69, 9.17) is 4.74 Å². The van der Waals surface area contributed by atoms with Crippen LogP contribution < -0.4 is 16.6 Å². The van der Waals surface area contributed by atoms with Gasteiger partial charge in [-0.3, -0.25) is 9.78 Å². The Morgan fingerprint density at radius 1 is 1.18 bits per heavy atom. The van der Waals surface area contributed by atoms with Gasteiger partial charge in [0.2, 0.25) is 5.95 Å². The van der Waals surface area contributed by atoms with E-state index in [1.807, 2.05) is 6.07 Å². The minimum absolute atomic E-state index is 0.0750. The number of esters is 1. The van der Waals surface area contributed by atoms with Crippen LogP contribution in [0.2, 0.25) is 0 Å². The summed E-state index contributed by atoms with van der Waals surface area (Å²) in [5, 5.41) is 3.10. The highest BCUT2D eigenvalue weighted by Gasteiger charge is 2.14. The highest BCUT2D eigenvalue weighted by molar-refractivity contribution is 5.90. The van der Waals surface area contributed by atoms with Crippen molar-refractivity contribution in [2.75, 3.05) is 18.5 Å². The molecule has 0 saturated heterocycles. The van der Waals surface area contributed by atoms with E-state index in [-0.39, 0.29) is 40.7 Å². The maximum absolute atomic E-state index is 13.3. The quantitative estimate of drug-likeness (QED) is 0.416. The van der Waals surface area contributed by atoms with Crippen molar-refractivity contribution in [1.82, 2.24) is 19.5 Å². The number of ether oxygens (including phenoxy) is 1. The molecule has 2 aromatic heterocycles. The lowest BCUT2D eigenvalue weighted by Gasteiger charge is -2.09. The molecule has 0 radical (unpaired) electrons. The van der Waals surface area contributed by atoms with Crippen molar-refractivity contribution >= 4 is 23.0 Å². The number of benzene rings is 2. The number of fused-ring (bicyclic) bond motifs is 1. The largest absolute Gasteiger partial charge is 0.462 e. The fraction of sp³-hybridized carbons (Fsp3) is 0.174. The number of H-pyrrole nitrogens is 1. The monoisotopic (exact) mass is 449 g/mol. The number of carbonyl (C=O) groups is 1. The highest BCUT2D eigenvalue weighted by Crippen LogP contribution is 2.11. The minimum Gasteiger partial charge on any atom is -0.462 e. The number of carbonyl (C=O) groups excluding carboxylic acids is 1. The average Bonchev–Trinajstić information content (AvgIpc) is 2.79. The number of hydrogen-bond donors (Lipinski definition) is 2. The van der Waals surface area contributed by atoms with Crippen molar-refractivity contribution in [1.29, 1.82) is 0 Å². The fourth-order valence-corrected chi connectivity index (χ4v) is 3.32. The molecule has 0 aliphatic heterocycles. The lowest BCUT2D eigenvalue weighted by molar-refractivity contribution is 0.0526. The second kappa shape index (κ2) is 9.43. The van der Waals surface area contributed by atoms with Gasteiger partial charge in [0.15, 0.2) is 5.65 Å². The number of hydrogen-bond acceptors (Lipinski definition) is 7. The molecule has 2 N–H and O–H groups in total. The summed E-state index contributed by atoms with van der Waals surface area (Å²) in [6, 6.07) is 12.3. The second-order valence-electron chi connectivity index (χ2n) is 7.10. The Hall–Kier alpha value is -4.34. The molecule has 0 amide bonds. The maximum Gasteiger partial charge on any atom is 0.338 e. The van der Waals surface area contributed by atoms with Crippen LogP contribution in [0, 0.1) is 5.82 Å². The predicted molar refractivity (Wildman–Crippen MR) is 120 cm³/mol. The first kappa shape index (κ1) is 21.9. The predicted octanol–water partition coefficient (Wildman–Crippen LogP) is 2.44. The van der Waals surface area contributed by atoms with Gasteiger partial charge in [-0.25, -0.2) is 23.5 Å². The van der Waals surface area contributed by atoms with Crippen molar-refractivity contribution in [3.05, 3.63) is 92.5 Å². The molecule has 0 atom stereocenters. The zero-order valence-corrected chi connectivity index (χ0v) is 17.7. The van der Waals surface area contributed by atoms with E-state index in [0.717, 1.165) is 10.1 Å². The van der Waals surface area contributed by atoms with Gasteiger partial charge >= 0.3 is 11.7 Å². The van der Waals surface area contributed by atoms with Gasteiger partial charge in [0.1, 0.15) is 11.2 Å². The molecule has 2 heterocycles. The van der Waals surface area contributed by atoms with Crippen molar-refractivity contribution in [2.24, 2.45) is 0 Å². The number of halogens is 1. The lowest BCUT2D eigenvalue weighted by atomic mass is 10.1. The Bertz CT molecular complexity index is 1450. The molecule has 0 aliphatic rings. The molecule has 0 bridgehead atoms. The Balaban J connectivity index is 1.60. The molecular weight excluding hydrogens is 429 g/mol. The van der Waals surface area contributed by atoms with Crippen LogP contribution >= 0.6 is 0 Å². The molecule has 9 nitrogen and oxygen atoms in total. The van der Waals surface area contributed by atoms with Gasteiger partial charge in [0.25, 0.3) is 5.56 Å². The van der Waals surface area contributed by atoms with E-state index >= 15 is 0 Å². The summed E-state index contributed by atoms with van der Waals surface area (Å²) in [5.41, 5.74) is -0.0180. The van der Waals surface area contributed by atoms with Crippen LogP contribution in [0.5, 0.6) is 0 Å². The molecule has 4 aromatic rings. The molecule has 33 heavy (non-hydrogen) atoms. The first-order valence-corrected chi connectivity index (χ1v) is 10.2. The molecule has 10 heteroatoms. The maximum atomic E-state index is 13.3. The first-order chi connectivity index (χ1) is 16.0. The molecule has 0 unspecified atom stereocenters. The third kappa shape index (κ3) is 4.79. The van der Waals surface area contributed by atoms with E-state index in [2.05, 4.69) is 20.3 Å². The summed E-state index contributed by atoms with van der Waals surface area (Å²) in [5.74, 6) is -0.644. The van der Waals surface area contributed by atoms with Crippen molar-refractivity contribution in [2.45, 2.75) is 13.3 Å². The van der Waals surface area contributed by atoms with Gasteiger partial charge in [-0.15, -0.1) is 0 Å². The third-order valence-corrected chi connectivity index (χ3v) is 4.85. The van der Waals surface area contributed by atoms with Crippen LogP contribution in [0.4, 0.5) is 10.3 Å². The van der Waals surface area contributed by atoms with Gasteiger partial charge < -0.3 is 10.1 Å². The highest BCUT2D eigenvalue weighted by atomic mass is 19.1. The van der Waals surface area contributed by atoms with E-state index in [9.17, 15) is 18.8 Å². The number of nitrogens with one attached hydrogen (secondary N) is 2. The summed E-state index contributed by atoms with van der Waals surface area (Å²) in [6.45, 7) is 2.32. The third-order valence-electron chi connectivity index (χ3n) is 4.85. The number of aromatic amines is 1. The summed E-state index contributed by atoms with van der Waals surface area (Å²) < 4.78 is 19.2. The van der Waals surface area contributed by atoms with E-state index < -0.39 is 17.2 Å². The number of aromatic nitrogens is 4. The SMILES string of the molecule is CCOC(=O)c1cccc(-n2c(=O)[nH]c3nc(NCCc4cccc(F)c4)ncc3c2=O)c1. The Kier molecular flexibility index (Phi) is 6.25. The molecule has 4 rings (SSSR count). The van der Waals surface area contributed by atoms with E-state index in [1.165, 1.54) is 36.5 Å². The standard InChI is InChI=1S/C23H20FN5O4/c1-2-33-21(31)15-6-4-8-17(12-15)29-20(30)18-13-26-22(27-19(18)28-23(29)32)25-10-9-14-5-3-7-16(24)11-14/h3-8,11-13H,2,9-10H2,1H3,(H2,25,26,27,28,32).